The number of aliphatic imine (C=N–C) groups is 1. The van der Waals surface area contributed by atoms with Crippen LogP contribution in [0.5, 0.6) is 0 Å². The molecular weight excluding hydrogens is 392 g/mol. The average Bonchev–Trinajstić information content (AvgIpc) is 2.79. The monoisotopic (exact) mass is 432 g/mol. The fourth-order valence-corrected chi connectivity index (χ4v) is 4.18. The van der Waals surface area contributed by atoms with Gasteiger partial charge in [0.25, 0.3) is 0 Å². The number of morpholine rings is 1. The van der Waals surface area contributed by atoms with Crippen LogP contribution in [-0.2, 0) is 16.0 Å². The lowest BCUT2D eigenvalue weighted by Crippen LogP contribution is -2.48. The summed E-state index contributed by atoms with van der Waals surface area (Å²) in [5.41, 5.74) is 1.18. The van der Waals surface area contributed by atoms with Gasteiger partial charge in [0.2, 0.25) is 0 Å². The van der Waals surface area contributed by atoms with E-state index in [4.69, 9.17) is 14.5 Å². The van der Waals surface area contributed by atoms with E-state index in [1.54, 1.807) is 7.11 Å². The van der Waals surface area contributed by atoms with Gasteiger partial charge in [0, 0.05) is 65.2 Å². The molecule has 2 N–H and O–H groups in total. The van der Waals surface area contributed by atoms with Crippen LogP contribution in [0.1, 0.15) is 38.7 Å². The largest absolute Gasteiger partial charge is 0.385 e. The van der Waals surface area contributed by atoms with Crippen LogP contribution in [0.15, 0.2) is 23.3 Å². The molecule has 3 rings (SSSR count). The molecule has 0 bridgehead atoms. The van der Waals surface area contributed by atoms with E-state index in [1.165, 1.54) is 5.56 Å². The number of ether oxygens (including phenoxy) is 2. The molecule has 2 saturated heterocycles. The Labute approximate surface area is 187 Å². The van der Waals surface area contributed by atoms with Crippen molar-refractivity contribution in [2.24, 2.45) is 4.99 Å². The van der Waals surface area contributed by atoms with E-state index in [9.17, 15) is 0 Å². The molecule has 2 aliphatic heterocycles. The highest BCUT2D eigenvalue weighted by Gasteiger charge is 2.20. The Hall–Kier alpha value is -1.90. The Morgan fingerprint density at radius 2 is 2.16 bits per heavy atom. The molecule has 8 heteroatoms. The van der Waals surface area contributed by atoms with E-state index in [0.717, 1.165) is 83.5 Å². The van der Waals surface area contributed by atoms with Crippen LogP contribution in [0.25, 0.3) is 0 Å². The van der Waals surface area contributed by atoms with Crippen LogP contribution in [0.2, 0.25) is 0 Å². The summed E-state index contributed by atoms with van der Waals surface area (Å²) in [4.78, 5) is 14.2. The number of methoxy groups -OCH3 is 1. The normalized spacial score (nSPS) is 21.3. The molecule has 0 radical (unpaired) electrons. The van der Waals surface area contributed by atoms with Crippen LogP contribution in [0.3, 0.4) is 0 Å². The van der Waals surface area contributed by atoms with Crippen molar-refractivity contribution in [1.82, 2.24) is 20.5 Å². The molecule has 1 unspecified atom stereocenters. The Morgan fingerprint density at radius 1 is 1.32 bits per heavy atom. The second kappa shape index (κ2) is 12.8. The fraction of sp³-hybridized carbons (Fsp3) is 0.739. The zero-order valence-electron chi connectivity index (χ0n) is 19.5. The van der Waals surface area contributed by atoms with Gasteiger partial charge in [0.05, 0.1) is 19.3 Å². The molecule has 8 nitrogen and oxygen atoms in total. The molecule has 174 valence electrons. The lowest BCUT2D eigenvalue weighted by molar-refractivity contribution is 0.0529. The van der Waals surface area contributed by atoms with Crippen molar-refractivity contribution >= 4 is 11.8 Å². The van der Waals surface area contributed by atoms with E-state index in [2.05, 4.69) is 51.4 Å². The number of guanidine groups is 1. The van der Waals surface area contributed by atoms with Crippen molar-refractivity contribution in [1.29, 1.82) is 0 Å². The van der Waals surface area contributed by atoms with Gasteiger partial charge in [-0.25, -0.2) is 9.98 Å². The fourth-order valence-electron chi connectivity index (χ4n) is 4.18. The van der Waals surface area contributed by atoms with Gasteiger partial charge >= 0.3 is 0 Å². The van der Waals surface area contributed by atoms with Gasteiger partial charge < -0.3 is 29.9 Å². The molecule has 2 aliphatic rings. The summed E-state index contributed by atoms with van der Waals surface area (Å²) in [5.74, 6) is 1.92. The molecule has 31 heavy (non-hydrogen) atoms. The quantitative estimate of drug-likeness (QED) is 0.350. The molecule has 1 aromatic rings. The summed E-state index contributed by atoms with van der Waals surface area (Å²) in [5, 5.41) is 7.05. The Bertz CT molecular complexity index is 678. The second-order valence-corrected chi connectivity index (χ2v) is 8.45. The molecule has 0 saturated carbocycles. The molecule has 1 aromatic heterocycles. The summed E-state index contributed by atoms with van der Waals surface area (Å²) in [6.07, 6.45) is 5.53. The van der Waals surface area contributed by atoms with E-state index in [0.29, 0.717) is 12.6 Å². The van der Waals surface area contributed by atoms with Crippen LogP contribution in [0, 0.1) is 0 Å². The molecule has 0 aliphatic carbocycles. The third-order valence-electron chi connectivity index (χ3n) is 5.89. The number of likely N-dealkylation sites (tertiary alicyclic amines) is 1. The van der Waals surface area contributed by atoms with Crippen molar-refractivity contribution in [2.75, 3.05) is 64.5 Å². The molecule has 1 atom stereocenters. The van der Waals surface area contributed by atoms with Gasteiger partial charge in [-0.05, 0) is 50.8 Å². The minimum atomic E-state index is 0.244. The van der Waals surface area contributed by atoms with Gasteiger partial charge in [0.1, 0.15) is 5.82 Å². The number of nitrogens with zero attached hydrogens (tertiary/aromatic N) is 4. The summed E-state index contributed by atoms with van der Waals surface area (Å²) >= 11 is 0. The van der Waals surface area contributed by atoms with Crippen LogP contribution < -0.4 is 15.5 Å². The van der Waals surface area contributed by atoms with E-state index < -0.39 is 0 Å². The first-order chi connectivity index (χ1) is 15.2. The Kier molecular flexibility index (Phi) is 9.84. The van der Waals surface area contributed by atoms with Gasteiger partial charge in [-0.2, -0.15) is 0 Å². The minimum Gasteiger partial charge on any atom is -0.385 e. The van der Waals surface area contributed by atoms with Crippen LogP contribution in [0.4, 0.5) is 5.82 Å². The number of nitrogens with one attached hydrogen (secondary N) is 2. The van der Waals surface area contributed by atoms with Gasteiger partial charge in [-0.1, -0.05) is 0 Å². The molecule has 3 heterocycles. The third kappa shape index (κ3) is 7.94. The van der Waals surface area contributed by atoms with Gasteiger partial charge in [-0.15, -0.1) is 0 Å². The second-order valence-electron chi connectivity index (χ2n) is 8.45. The number of hydrogen-bond donors (Lipinski definition) is 2. The highest BCUT2D eigenvalue weighted by molar-refractivity contribution is 5.80. The predicted molar refractivity (Wildman–Crippen MR) is 126 cm³/mol. The topological polar surface area (TPSA) is 74.2 Å². The lowest BCUT2D eigenvalue weighted by atomic mass is 10.1. The number of anilines is 1. The SMILES string of the molecule is CCNC(=NCc1ccnc(N2CCOC(C)C2)c1)NC1CCN(CCCOC)CC1. The first-order valence-electron chi connectivity index (χ1n) is 11.8. The van der Waals surface area contributed by atoms with E-state index in [-0.39, 0.29) is 6.10 Å². The van der Waals surface area contributed by atoms with Crippen LogP contribution >= 0.6 is 0 Å². The smallest absolute Gasteiger partial charge is 0.191 e. The Morgan fingerprint density at radius 3 is 2.90 bits per heavy atom. The third-order valence-corrected chi connectivity index (χ3v) is 5.89. The van der Waals surface area contributed by atoms with Crippen LogP contribution in [-0.4, -0.2) is 87.6 Å². The van der Waals surface area contributed by atoms with Crippen molar-refractivity contribution in [3.05, 3.63) is 23.9 Å². The van der Waals surface area contributed by atoms with Crippen molar-refractivity contribution in [3.63, 3.8) is 0 Å². The standard InChI is InChI=1S/C23H40N6O2/c1-4-24-23(27-21-7-11-28(12-8-21)10-5-14-30-3)26-17-20-6-9-25-22(16-20)29-13-15-31-19(2)18-29/h6,9,16,19,21H,4-5,7-8,10-15,17-18H2,1-3H3,(H2,24,26,27). The van der Waals surface area contributed by atoms with Crippen molar-refractivity contribution < 1.29 is 9.47 Å². The van der Waals surface area contributed by atoms with E-state index in [1.807, 2.05) is 6.20 Å². The average molecular weight is 433 g/mol. The number of aromatic nitrogens is 1. The number of rotatable bonds is 9. The molecule has 2 fully saturated rings. The highest BCUT2D eigenvalue weighted by atomic mass is 16.5. The first kappa shape index (κ1) is 23.8. The summed E-state index contributed by atoms with van der Waals surface area (Å²) in [6.45, 7) is 12.5. The summed E-state index contributed by atoms with van der Waals surface area (Å²) in [6, 6.07) is 4.68. The number of piperidine rings is 1. The maximum absolute atomic E-state index is 5.65. The number of pyridine rings is 1. The summed E-state index contributed by atoms with van der Waals surface area (Å²) in [7, 11) is 1.77. The molecule has 0 amide bonds. The first-order valence-corrected chi connectivity index (χ1v) is 11.8. The lowest BCUT2D eigenvalue weighted by Gasteiger charge is -2.33. The van der Waals surface area contributed by atoms with Gasteiger partial charge in [0.15, 0.2) is 5.96 Å². The molecular formula is C23H40N6O2. The Balaban J connectivity index is 1.51. The molecule has 0 spiro atoms. The molecule has 0 aromatic carbocycles. The maximum Gasteiger partial charge on any atom is 0.191 e. The minimum absolute atomic E-state index is 0.244. The predicted octanol–water partition coefficient (Wildman–Crippen LogP) is 1.86. The maximum atomic E-state index is 5.65. The van der Waals surface area contributed by atoms with Gasteiger partial charge in [-0.3, -0.25) is 0 Å². The van der Waals surface area contributed by atoms with Crippen molar-refractivity contribution in [3.8, 4) is 0 Å². The van der Waals surface area contributed by atoms with Crippen molar-refractivity contribution in [2.45, 2.75) is 51.8 Å². The zero-order valence-corrected chi connectivity index (χ0v) is 19.5. The highest BCUT2D eigenvalue weighted by Crippen LogP contribution is 2.17. The zero-order chi connectivity index (χ0) is 21.9. The number of hydrogen-bond acceptors (Lipinski definition) is 6. The summed E-state index contributed by atoms with van der Waals surface area (Å²) < 4.78 is 10.8. The van der Waals surface area contributed by atoms with E-state index >= 15 is 0 Å².